The molecule has 0 aromatic heterocycles. The van der Waals surface area contributed by atoms with E-state index in [9.17, 15) is 8.42 Å². The maximum atomic E-state index is 11.7. The summed E-state index contributed by atoms with van der Waals surface area (Å²) in [7, 11) is -3.27. The fraction of sp³-hybridized carbons (Fsp3) is 1.00. The first kappa shape index (κ1) is 20.4. The van der Waals surface area contributed by atoms with E-state index in [1.54, 1.807) is 0 Å². The lowest BCUT2D eigenvalue weighted by molar-refractivity contribution is 0.0911. The summed E-state index contributed by atoms with van der Waals surface area (Å²) < 4.78 is 31.2. The zero-order valence-electron chi connectivity index (χ0n) is 11.5. The molecule has 0 aliphatic rings. The van der Waals surface area contributed by atoms with Gasteiger partial charge in [-0.2, -0.15) is 0 Å². The van der Waals surface area contributed by atoms with Gasteiger partial charge in [0.05, 0.1) is 18.5 Å². The molecule has 0 aromatic carbocycles. The molecule has 5 nitrogen and oxygen atoms in total. The van der Waals surface area contributed by atoms with Gasteiger partial charge >= 0.3 is 0 Å². The maximum Gasteiger partial charge on any atom is 0.214 e. The number of rotatable bonds is 10. The minimum Gasteiger partial charge on any atom is -0.378 e. The van der Waals surface area contributed by atoms with E-state index in [0.717, 1.165) is 19.3 Å². The molecule has 1 atom stereocenters. The molecule has 0 saturated carbocycles. The van der Waals surface area contributed by atoms with E-state index in [1.165, 1.54) is 0 Å². The number of nitrogens with two attached hydrogens (primary N) is 1. The second kappa shape index (κ2) is 11.0. The normalized spacial score (nSPS) is 13.4. The highest BCUT2D eigenvalue weighted by atomic mass is 35.5. The van der Waals surface area contributed by atoms with Crippen LogP contribution >= 0.6 is 12.4 Å². The summed E-state index contributed by atoms with van der Waals surface area (Å²) in [5.41, 5.74) is 5.54. The number of unbranched alkanes of at least 4 members (excludes halogenated alkanes) is 1. The zero-order chi connectivity index (χ0) is 13.3. The SMILES string of the molecule is CCCCC(CN)NS(=O)(=O)CCOC(C)C.Cl. The Labute approximate surface area is 117 Å². The number of ether oxygens (including phenoxy) is 1. The van der Waals surface area contributed by atoms with Gasteiger partial charge in [-0.3, -0.25) is 0 Å². The first-order valence-electron chi connectivity index (χ1n) is 6.23. The molecule has 18 heavy (non-hydrogen) atoms. The van der Waals surface area contributed by atoms with Gasteiger partial charge in [-0.1, -0.05) is 19.8 Å². The molecule has 0 aromatic rings. The number of halogens is 1. The first-order chi connectivity index (χ1) is 7.91. The van der Waals surface area contributed by atoms with Crippen LogP contribution in [-0.2, 0) is 14.8 Å². The van der Waals surface area contributed by atoms with Crippen molar-refractivity contribution in [1.29, 1.82) is 0 Å². The van der Waals surface area contributed by atoms with Gasteiger partial charge in [0.2, 0.25) is 10.0 Å². The standard InChI is InChI=1S/C11H26N2O3S.ClH/c1-4-5-6-11(9-12)13-17(14,15)8-7-16-10(2)3;/h10-11,13H,4-9,12H2,1-3H3;1H. The van der Waals surface area contributed by atoms with E-state index < -0.39 is 10.0 Å². The predicted molar refractivity (Wildman–Crippen MR) is 77.6 cm³/mol. The van der Waals surface area contributed by atoms with Gasteiger partial charge in [0, 0.05) is 12.6 Å². The second-order valence-corrected chi connectivity index (χ2v) is 6.30. The van der Waals surface area contributed by atoms with Gasteiger partial charge in [0.1, 0.15) is 0 Å². The summed E-state index contributed by atoms with van der Waals surface area (Å²) in [6, 6.07) is -0.154. The highest BCUT2D eigenvalue weighted by Gasteiger charge is 2.16. The Bertz CT molecular complexity index is 284. The average molecular weight is 303 g/mol. The smallest absolute Gasteiger partial charge is 0.214 e. The molecule has 1 unspecified atom stereocenters. The molecular weight excluding hydrogens is 276 g/mol. The van der Waals surface area contributed by atoms with Gasteiger partial charge in [0.25, 0.3) is 0 Å². The minimum absolute atomic E-state index is 0. The summed E-state index contributed by atoms with van der Waals surface area (Å²) in [5.74, 6) is -0.00615. The van der Waals surface area contributed by atoms with Crippen LogP contribution in [-0.4, -0.2) is 39.5 Å². The van der Waals surface area contributed by atoms with Gasteiger partial charge < -0.3 is 10.5 Å². The summed E-state index contributed by atoms with van der Waals surface area (Å²) >= 11 is 0. The molecule has 0 amide bonds. The topological polar surface area (TPSA) is 81.4 Å². The maximum absolute atomic E-state index is 11.7. The van der Waals surface area contributed by atoms with Crippen molar-refractivity contribution in [2.24, 2.45) is 5.73 Å². The monoisotopic (exact) mass is 302 g/mol. The Morgan fingerprint density at radius 2 is 1.94 bits per heavy atom. The lowest BCUT2D eigenvalue weighted by Crippen LogP contribution is -2.42. The highest BCUT2D eigenvalue weighted by Crippen LogP contribution is 2.01. The van der Waals surface area contributed by atoms with E-state index in [2.05, 4.69) is 11.6 Å². The highest BCUT2D eigenvalue weighted by molar-refractivity contribution is 7.89. The van der Waals surface area contributed by atoms with Crippen LogP contribution in [0.4, 0.5) is 0 Å². The number of hydrogen-bond donors (Lipinski definition) is 2. The fourth-order valence-corrected chi connectivity index (χ4v) is 2.54. The fourth-order valence-electron chi connectivity index (χ4n) is 1.38. The van der Waals surface area contributed by atoms with Gasteiger partial charge in [0.15, 0.2) is 0 Å². The quantitative estimate of drug-likeness (QED) is 0.637. The number of hydrogen-bond acceptors (Lipinski definition) is 4. The molecule has 3 N–H and O–H groups in total. The van der Waals surface area contributed by atoms with Crippen LogP contribution < -0.4 is 10.5 Å². The second-order valence-electron chi connectivity index (χ2n) is 4.43. The molecule has 0 bridgehead atoms. The van der Waals surface area contributed by atoms with E-state index in [0.29, 0.717) is 6.54 Å². The van der Waals surface area contributed by atoms with Crippen LogP contribution in [0.15, 0.2) is 0 Å². The van der Waals surface area contributed by atoms with Crippen LogP contribution in [0.3, 0.4) is 0 Å². The predicted octanol–water partition coefficient (Wildman–Crippen LogP) is 1.27. The van der Waals surface area contributed by atoms with Crippen molar-refractivity contribution >= 4 is 22.4 Å². The molecule has 7 heteroatoms. The molecule has 0 fully saturated rings. The summed E-state index contributed by atoms with van der Waals surface area (Å²) in [6.07, 6.45) is 2.86. The molecule has 0 spiro atoms. The third kappa shape index (κ3) is 11.2. The van der Waals surface area contributed by atoms with Crippen LogP contribution in [0.2, 0.25) is 0 Å². The lowest BCUT2D eigenvalue weighted by atomic mass is 10.1. The molecule has 0 aliphatic heterocycles. The summed E-state index contributed by atoms with van der Waals surface area (Å²) in [5, 5.41) is 0. The zero-order valence-corrected chi connectivity index (χ0v) is 13.1. The Hall–Kier alpha value is 0.120. The van der Waals surface area contributed by atoms with E-state index in [1.807, 2.05) is 13.8 Å². The number of nitrogens with one attached hydrogen (secondary N) is 1. The molecule has 0 aliphatic carbocycles. The van der Waals surface area contributed by atoms with Crippen LogP contribution in [0.5, 0.6) is 0 Å². The molecular formula is C11H27ClN2O3S. The largest absolute Gasteiger partial charge is 0.378 e. The molecule has 112 valence electrons. The van der Waals surface area contributed by atoms with Gasteiger partial charge in [-0.15, -0.1) is 12.4 Å². The van der Waals surface area contributed by atoms with Crippen molar-refractivity contribution in [3.8, 4) is 0 Å². The van der Waals surface area contributed by atoms with Crippen molar-refractivity contribution in [2.45, 2.75) is 52.2 Å². The molecule has 0 radical (unpaired) electrons. The molecule has 0 rings (SSSR count). The van der Waals surface area contributed by atoms with E-state index in [4.69, 9.17) is 10.5 Å². The van der Waals surface area contributed by atoms with Crippen molar-refractivity contribution in [2.75, 3.05) is 18.9 Å². The van der Waals surface area contributed by atoms with Gasteiger partial charge in [-0.05, 0) is 20.3 Å². The Kier molecular flexibility index (Phi) is 12.5. The third-order valence-corrected chi connectivity index (χ3v) is 3.74. The van der Waals surface area contributed by atoms with E-state index >= 15 is 0 Å². The summed E-state index contributed by atoms with van der Waals surface area (Å²) in [6.45, 7) is 6.38. The first-order valence-corrected chi connectivity index (χ1v) is 7.88. The minimum atomic E-state index is -3.27. The van der Waals surface area contributed by atoms with Gasteiger partial charge in [-0.25, -0.2) is 13.1 Å². The average Bonchev–Trinajstić information content (AvgIpc) is 2.23. The van der Waals surface area contributed by atoms with Crippen molar-refractivity contribution in [3.05, 3.63) is 0 Å². The number of sulfonamides is 1. The van der Waals surface area contributed by atoms with Crippen molar-refractivity contribution in [1.82, 2.24) is 4.72 Å². The molecule has 0 saturated heterocycles. The van der Waals surface area contributed by atoms with Crippen molar-refractivity contribution in [3.63, 3.8) is 0 Å². The Morgan fingerprint density at radius 1 is 1.33 bits per heavy atom. The Morgan fingerprint density at radius 3 is 2.39 bits per heavy atom. The van der Waals surface area contributed by atoms with Crippen molar-refractivity contribution < 1.29 is 13.2 Å². The lowest BCUT2D eigenvalue weighted by Gasteiger charge is -2.17. The third-order valence-electron chi connectivity index (χ3n) is 2.34. The van der Waals surface area contributed by atoms with Crippen LogP contribution in [0.1, 0.15) is 40.0 Å². The Balaban J connectivity index is 0. The van der Waals surface area contributed by atoms with Crippen LogP contribution in [0, 0.1) is 0 Å². The summed E-state index contributed by atoms with van der Waals surface area (Å²) in [4.78, 5) is 0. The van der Waals surface area contributed by atoms with E-state index in [-0.39, 0.29) is 36.9 Å². The molecule has 0 heterocycles. The van der Waals surface area contributed by atoms with Crippen LogP contribution in [0.25, 0.3) is 0 Å².